The van der Waals surface area contributed by atoms with Gasteiger partial charge < -0.3 is 14.6 Å². The number of rotatable bonds is 7. The predicted molar refractivity (Wildman–Crippen MR) is 87.1 cm³/mol. The van der Waals surface area contributed by atoms with Gasteiger partial charge in [0, 0.05) is 7.05 Å². The van der Waals surface area contributed by atoms with Crippen molar-refractivity contribution in [3.05, 3.63) is 35.7 Å². The zero-order valence-corrected chi connectivity index (χ0v) is 14.4. The van der Waals surface area contributed by atoms with E-state index in [0.29, 0.717) is 11.0 Å². The molecule has 0 radical (unpaired) electrons. The van der Waals surface area contributed by atoms with Gasteiger partial charge in [-0.25, -0.2) is 8.78 Å². The number of anilines is 1. The van der Waals surface area contributed by atoms with Crippen LogP contribution in [0.1, 0.15) is 12.7 Å². The van der Waals surface area contributed by atoms with E-state index in [4.69, 9.17) is 4.74 Å². The van der Waals surface area contributed by atoms with Crippen molar-refractivity contribution >= 4 is 29.3 Å². The number of carbonyl (C=O) groups is 2. The Balaban J connectivity index is 1.94. The molecule has 0 aliphatic carbocycles. The number of hydrogen-bond acceptors (Lipinski definition) is 6. The summed E-state index contributed by atoms with van der Waals surface area (Å²) in [5.41, 5.74) is -0.492. The van der Waals surface area contributed by atoms with Crippen LogP contribution >= 0.6 is 11.8 Å². The van der Waals surface area contributed by atoms with E-state index in [-0.39, 0.29) is 18.8 Å². The molecule has 10 heteroatoms. The summed E-state index contributed by atoms with van der Waals surface area (Å²) in [6.07, 6.45) is -0.0372. The van der Waals surface area contributed by atoms with Crippen LogP contribution < -0.4 is 5.32 Å². The Labute approximate surface area is 146 Å². The number of carbonyl (C=O) groups excluding carboxylic acids is 2. The van der Waals surface area contributed by atoms with Crippen molar-refractivity contribution < 1.29 is 23.1 Å². The lowest BCUT2D eigenvalue weighted by Crippen LogP contribution is -2.16. The maximum Gasteiger partial charge on any atom is 0.313 e. The fourth-order valence-corrected chi connectivity index (χ4v) is 2.62. The molecule has 2 aromatic rings. The Hall–Kier alpha value is -2.49. The summed E-state index contributed by atoms with van der Waals surface area (Å²) < 4.78 is 33.4. The molecule has 0 atom stereocenters. The summed E-state index contributed by atoms with van der Waals surface area (Å²) in [5.74, 6) is -2.46. The summed E-state index contributed by atoms with van der Waals surface area (Å²) in [6, 6.07) is 3.31. The van der Waals surface area contributed by atoms with Gasteiger partial charge in [0.05, 0.1) is 12.4 Å². The predicted octanol–water partition coefficient (Wildman–Crippen LogP) is 1.93. The first-order valence-corrected chi connectivity index (χ1v) is 8.31. The molecular formula is C15H16F2N4O3S. The smallest absolute Gasteiger partial charge is 0.313 e. The summed E-state index contributed by atoms with van der Waals surface area (Å²) in [6.45, 7) is 1.97. The molecule has 0 spiro atoms. The minimum absolute atomic E-state index is 0.0372. The maximum absolute atomic E-state index is 13.5. The number of benzene rings is 1. The van der Waals surface area contributed by atoms with Crippen molar-refractivity contribution in [2.45, 2.75) is 18.5 Å². The SMILES string of the molecule is CCOC(=O)Cc1nnc(SCC(=O)Nc2c(F)cccc2F)n1C. The van der Waals surface area contributed by atoms with Crippen LogP contribution in [0.2, 0.25) is 0 Å². The average molecular weight is 370 g/mol. The number of hydrogen-bond donors (Lipinski definition) is 1. The largest absolute Gasteiger partial charge is 0.466 e. The number of ether oxygens (including phenoxy) is 1. The third-order valence-electron chi connectivity index (χ3n) is 3.09. The Morgan fingerprint density at radius 2 is 1.96 bits per heavy atom. The van der Waals surface area contributed by atoms with Crippen molar-refractivity contribution in [2.75, 3.05) is 17.7 Å². The van der Waals surface area contributed by atoms with E-state index in [1.807, 2.05) is 0 Å². The van der Waals surface area contributed by atoms with E-state index >= 15 is 0 Å². The van der Waals surface area contributed by atoms with Crippen LogP contribution in [0, 0.1) is 11.6 Å². The highest BCUT2D eigenvalue weighted by atomic mass is 32.2. The molecule has 134 valence electrons. The summed E-state index contributed by atoms with van der Waals surface area (Å²) >= 11 is 1.03. The van der Waals surface area contributed by atoms with Crippen LogP contribution in [0.5, 0.6) is 0 Å². The number of amides is 1. The number of aromatic nitrogens is 3. The van der Waals surface area contributed by atoms with Crippen molar-refractivity contribution in [3.8, 4) is 0 Å². The van der Waals surface area contributed by atoms with Gasteiger partial charge in [0.1, 0.15) is 29.6 Å². The summed E-state index contributed by atoms with van der Waals surface area (Å²) in [4.78, 5) is 23.3. The van der Waals surface area contributed by atoms with Crippen LogP contribution in [-0.2, 0) is 27.8 Å². The number of halogens is 2. The molecule has 1 amide bonds. The van der Waals surface area contributed by atoms with E-state index in [9.17, 15) is 18.4 Å². The lowest BCUT2D eigenvalue weighted by molar-refractivity contribution is -0.142. The quantitative estimate of drug-likeness (QED) is 0.592. The molecular weight excluding hydrogens is 354 g/mol. The number of nitrogens with zero attached hydrogens (tertiary/aromatic N) is 3. The van der Waals surface area contributed by atoms with Gasteiger partial charge in [0.15, 0.2) is 5.16 Å². The zero-order chi connectivity index (χ0) is 18.4. The lowest BCUT2D eigenvalue weighted by Gasteiger charge is -2.07. The minimum Gasteiger partial charge on any atom is -0.466 e. The Bertz CT molecular complexity index is 762. The van der Waals surface area contributed by atoms with Gasteiger partial charge in [-0.2, -0.15) is 0 Å². The molecule has 0 saturated heterocycles. The number of esters is 1. The third-order valence-corrected chi connectivity index (χ3v) is 4.11. The van der Waals surface area contributed by atoms with Gasteiger partial charge >= 0.3 is 5.97 Å². The molecule has 0 aliphatic rings. The highest BCUT2D eigenvalue weighted by Crippen LogP contribution is 2.20. The molecule has 1 N–H and O–H groups in total. The minimum atomic E-state index is -0.853. The van der Waals surface area contributed by atoms with Gasteiger partial charge in [-0.15, -0.1) is 10.2 Å². The molecule has 1 aromatic carbocycles. The molecule has 0 fully saturated rings. The molecule has 7 nitrogen and oxygen atoms in total. The van der Waals surface area contributed by atoms with Crippen LogP contribution in [0.4, 0.5) is 14.5 Å². The molecule has 0 unspecified atom stereocenters. The third kappa shape index (κ3) is 4.99. The lowest BCUT2D eigenvalue weighted by atomic mass is 10.3. The van der Waals surface area contributed by atoms with Crippen molar-refractivity contribution in [2.24, 2.45) is 7.05 Å². The maximum atomic E-state index is 13.5. The first-order chi connectivity index (χ1) is 11.9. The van der Waals surface area contributed by atoms with Crippen LogP contribution in [0.3, 0.4) is 0 Å². The normalized spacial score (nSPS) is 10.6. The van der Waals surface area contributed by atoms with Crippen LogP contribution in [0.25, 0.3) is 0 Å². The summed E-state index contributed by atoms with van der Waals surface area (Å²) in [5, 5.41) is 10.3. The molecule has 2 rings (SSSR count). The van der Waals surface area contributed by atoms with Gasteiger partial charge in [-0.3, -0.25) is 9.59 Å². The number of nitrogens with one attached hydrogen (secondary N) is 1. The number of para-hydroxylation sites is 1. The Kier molecular flexibility index (Phi) is 6.45. The first kappa shape index (κ1) is 18.8. The topological polar surface area (TPSA) is 86.1 Å². The fraction of sp³-hybridized carbons (Fsp3) is 0.333. The molecule has 1 aromatic heterocycles. The van der Waals surface area contributed by atoms with Crippen LogP contribution in [-0.4, -0.2) is 39.0 Å². The summed E-state index contributed by atoms with van der Waals surface area (Å²) in [7, 11) is 1.64. The molecule has 1 heterocycles. The van der Waals surface area contributed by atoms with Gasteiger partial charge in [-0.05, 0) is 19.1 Å². The standard InChI is InChI=1S/C15H16F2N4O3S/c1-3-24-13(23)7-11-19-20-15(21(11)2)25-8-12(22)18-14-9(16)5-4-6-10(14)17/h4-6H,3,7-8H2,1-2H3,(H,18,22). The fourth-order valence-electron chi connectivity index (χ4n) is 1.89. The second-order valence-electron chi connectivity index (χ2n) is 4.87. The molecule has 0 bridgehead atoms. The zero-order valence-electron chi connectivity index (χ0n) is 13.6. The molecule has 25 heavy (non-hydrogen) atoms. The van der Waals surface area contributed by atoms with Gasteiger partial charge in [0.2, 0.25) is 5.91 Å². The highest BCUT2D eigenvalue weighted by molar-refractivity contribution is 7.99. The van der Waals surface area contributed by atoms with Crippen molar-refractivity contribution in [1.82, 2.24) is 14.8 Å². The second-order valence-corrected chi connectivity index (χ2v) is 5.82. The Morgan fingerprint density at radius 1 is 1.28 bits per heavy atom. The van der Waals surface area contributed by atoms with E-state index in [0.717, 1.165) is 23.9 Å². The number of thioether (sulfide) groups is 1. The highest BCUT2D eigenvalue weighted by Gasteiger charge is 2.16. The van der Waals surface area contributed by atoms with Gasteiger partial charge in [0.25, 0.3) is 0 Å². The van der Waals surface area contributed by atoms with E-state index in [1.165, 1.54) is 6.07 Å². The monoisotopic (exact) mass is 370 g/mol. The van der Waals surface area contributed by atoms with Gasteiger partial charge in [-0.1, -0.05) is 17.8 Å². The Morgan fingerprint density at radius 3 is 2.60 bits per heavy atom. The first-order valence-electron chi connectivity index (χ1n) is 7.33. The molecule has 0 aliphatic heterocycles. The second kappa shape index (κ2) is 8.56. The van der Waals surface area contributed by atoms with E-state index in [1.54, 1.807) is 18.5 Å². The van der Waals surface area contributed by atoms with Crippen molar-refractivity contribution in [1.29, 1.82) is 0 Å². The molecule has 0 saturated carbocycles. The average Bonchev–Trinajstić information content (AvgIpc) is 2.90. The van der Waals surface area contributed by atoms with Crippen molar-refractivity contribution in [3.63, 3.8) is 0 Å². The van der Waals surface area contributed by atoms with E-state index in [2.05, 4.69) is 15.5 Å². The van der Waals surface area contributed by atoms with Crippen LogP contribution in [0.15, 0.2) is 23.4 Å². The van der Waals surface area contributed by atoms with E-state index < -0.39 is 29.2 Å².